The molecule has 0 amide bonds. The molecule has 5 rings (SSSR count). The summed E-state index contributed by atoms with van der Waals surface area (Å²) in [5.41, 5.74) is 13.8. The molecule has 210 valence electrons. The van der Waals surface area contributed by atoms with Crippen LogP contribution in [0.15, 0.2) is 73.1 Å². The van der Waals surface area contributed by atoms with E-state index in [0.717, 1.165) is 5.56 Å². The Morgan fingerprint density at radius 2 is 1.29 bits per heavy atom. The van der Waals surface area contributed by atoms with Gasteiger partial charge in [-0.15, -0.1) is 5.10 Å². The lowest BCUT2D eigenvalue weighted by Crippen LogP contribution is -2.55. The number of aromatic nitrogens is 4. The van der Waals surface area contributed by atoms with Crippen molar-refractivity contribution in [2.75, 3.05) is 0 Å². The Morgan fingerprint density at radius 3 is 1.76 bits per heavy atom. The summed E-state index contributed by atoms with van der Waals surface area (Å²) < 4.78 is 1.57. The van der Waals surface area contributed by atoms with Crippen LogP contribution in [0.1, 0.15) is 43.9 Å². The van der Waals surface area contributed by atoms with E-state index in [-0.39, 0.29) is 18.6 Å². The maximum absolute atomic E-state index is 11.3. The number of carboxylic acids is 1. The van der Waals surface area contributed by atoms with Crippen molar-refractivity contribution in [2.45, 2.75) is 41.5 Å². The summed E-state index contributed by atoms with van der Waals surface area (Å²) in [5, 5.41) is 17.8. The maximum atomic E-state index is 11.3. The average molecular weight is 558 g/mol. The van der Waals surface area contributed by atoms with Crippen LogP contribution in [-0.4, -0.2) is 43.9 Å². The van der Waals surface area contributed by atoms with Gasteiger partial charge in [0, 0.05) is 11.8 Å². The van der Waals surface area contributed by atoms with Gasteiger partial charge in [-0.3, -0.25) is 0 Å². The Morgan fingerprint density at radius 1 is 0.786 bits per heavy atom. The second kappa shape index (κ2) is 12.6. The fourth-order valence-corrected chi connectivity index (χ4v) is 5.82. The van der Waals surface area contributed by atoms with Gasteiger partial charge in [0.05, 0.1) is 11.9 Å². The zero-order valence-electron chi connectivity index (χ0n) is 24.5. The van der Waals surface area contributed by atoms with Crippen LogP contribution in [0.2, 0.25) is 0 Å². The van der Waals surface area contributed by atoms with Gasteiger partial charge in [-0.1, -0.05) is 104 Å². The number of carbonyl (C=O) groups is 1. The van der Waals surface area contributed by atoms with Gasteiger partial charge >= 0.3 is 12.1 Å². The van der Waals surface area contributed by atoms with E-state index < -0.39 is 5.97 Å². The molecule has 0 aliphatic heterocycles. The van der Waals surface area contributed by atoms with E-state index >= 15 is 0 Å². The Bertz CT molecular complexity index is 1700. The fraction of sp³-hybridized carbons (Fsp3) is 0.182. The van der Waals surface area contributed by atoms with E-state index in [9.17, 15) is 9.90 Å². The molecule has 0 saturated carbocycles. The van der Waals surface area contributed by atoms with Crippen molar-refractivity contribution in [1.82, 2.24) is 20.0 Å². The summed E-state index contributed by atoms with van der Waals surface area (Å²) in [6.07, 6.45) is 3.51. The topological polar surface area (TPSA) is 115 Å². The van der Waals surface area contributed by atoms with E-state index in [4.69, 9.17) is 9.59 Å². The molecule has 0 spiro atoms. The molecule has 0 aliphatic carbocycles. The average Bonchev–Trinajstić information content (AvgIpc) is 3.42. The molecule has 9 heteroatoms. The van der Waals surface area contributed by atoms with Crippen LogP contribution in [0.3, 0.4) is 0 Å². The number of nitrogens with zero attached hydrogens (tertiary/aromatic N) is 4. The predicted octanol–water partition coefficient (Wildman–Crippen LogP) is 3.81. The molecule has 0 atom stereocenters. The summed E-state index contributed by atoms with van der Waals surface area (Å²) in [6, 6.07) is 20.8. The smallest absolute Gasteiger partial charge is 0.373 e. The number of rotatable bonds is 6. The Labute approximate surface area is 245 Å². The number of benzene rings is 3. The number of carboxylic acid groups (broad SMARTS) is 1. The molecule has 8 nitrogen and oxygen atoms in total. The predicted molar refractivity (Wildman–Crippen MR) is 163 cm³/mol. The van der Waals surface area contributed by atoms with E-state index in [1.165, 1.54) is 62.0 Å². The zero-order chi connectivity index (χ0) is 30.6. The van der Waals surface area contributed by atoms with Crippen LogP contribution in [0.5, 0.6) is 0 Å². The second-order valence-electron chi connectivity index (χ2n) is 10.5. The lowest BCUT2D eigenvalue weighted by atomic mass is 9.34. The number of hydrogen-bond acceptors (Lipinski definition) is 6. The van der Waals surface area contributed by atoms with E-state index in [1.807, 2.05) is 0 Å². The Balaban J connectivity index is 0.00000129. The number of carbonyl (C=O) groups excluding carboxylic acids is 2. The molecule has 5 aromatic rings. The first-order chi connectivity index (χ1) is 20.0. The molecule has 1 N–H and O–H groups in total. The van der Waals surface area contributed by atoms with Crippen molar-refractivity contribution in [3.8, 4) is 16.9 Å². The lowest BCUT2D eigenvalue weighted by molar-refractivity contribution is -0.191. The molecule has 0 fully saturated rings. The summed E-state index contributed by atoms with van der Waals surface area (Å²) in [4.78, 5) is 31.4. The third-order valence-corrected chi connectivity index (χ3v) is 7.31. The monoisotopic (exact) mass is 558 g/mol. The molecule has 0 bridgehead atoms. The number of pyridine rings is 1. The molecule has 2 heterocycles. The van der Waals surface area contributed by atoms with Gasteiger partial charge in [-0.05, 0) is 53.7 Å². The minimum absolute atomic E-state index is 0.0386. The SMILES string of the molecule is Cc1cc(C)c(B(c2ccc(-c3cn(-c4ccnc(C(=O)O)c4)nn3)cc2)c2c(C)cc(C)cc2C)c(C)c1.O=C=O. The van der Waals surface area contributed by atoms with Crippen molar-refractivity contribution in [2.24, 2.45) is 0 Å². The Hall–Kier alpha value is -5.14. The number of aromatic carboxylic acids is 1. The third-order valence-electron chi connectivity index (χ3n) is 7.31. The van der Waals surface area contributed by atoms with Crippen LogP contribution in [-0.2, 0) is 9.59 Å². The van der Waals surface area contributed by atoms with Crippen LogP contribution < -0.4 is 16.4 Å². The van der Waals surface area contributed by atoms with Crippen LogP contribution in [0, 0.1) is 41.5 Å². The highest BCUT2D eigenvalue weighted by atomic mass is 16.4. The minimum atomic E-state index is -1.08. The maximum Gasteiger partial charge on any atom is 0.373 e. The zero-order valence-corrected chi connectivity index (χ0v) is 24.5. The molecule has 0 saturated heterocycles. The van der Waals surface area contributed by atoms with Crippen molar-refractivity contribution in [3.05, 3.63) is 112 Å². The first-order valence-corrected chi connectivity index (χ1v) is 13.4. The second-order valence-corrected chi connectivity index (χ2v) is 10.5. The van der Waals surface area contributed by atoms with Gasteiger partial charge in [-0.2, -0.15) is 9.59 Å². The van der Waals surface area contributed by atoms with Gasteiger partial charge < -0.3 is 5.11 Å². The van der Waals surface area contributed by atoms with Crippen molar-refractivity contribution in [1.29, 1.82) is 0 Å². The number of aryl methyl sites for hydroxylation is 6. The molecule has 2 aromatic heterocycles. The van der Waals surface area contributed by atoms with Gasteiger partial charge in [0.1, 0.15) is 11.4 Å². The molecule has 0 radical (unpaired) electrons. The highest BCUT2D eigenvalue weighted by molar-refractivity contribution is 6.96. The molecule has 0 unspecified atom stereocenters. The van der Waals surface area contributed by atoms with Gasteiger partial charge in [0.15, 0.2) is 0 Å². The standard InChI is InChI=1S/C32H31BN4O2.CO2/c1-19-13-21(3)30(22(4)14-19)33(31-23(5)15-20(2)16-24(31)6)26-9-7-25(8-10-26)29-18-37(36-35-29)27-11-12-34-28(17-27)32(38)39;2-1-3/h7-18H,1-6H3,(H,38,39);. The highest BCUT2D eigenvalue weighted by Gasteiger charge is 2.28. The van der Waals surface area contributed by atoms with Crippen molar-refractivity contribution < 1.29 is 19.5 Å². The largest absolute Gasteiger partial charge is 0.477 e. The van der Waals surface area contributed by atoms with E-state index in [1.54, 1.807) is 16.9 Å². The van der Waals surface area contributed by atoms with Crippen molar-refractivity contribution >= 4 is 35.2 Å². The van der Waals surface area contributed by atoms with Gasteiger partial charge in [0.25, 0.3) is 0 Å². The normalized spacial score (nSPS) is 10.4. The summed E-state index contributed by atoms with van der Waals surface area (Å²) in [6.45, 7) is 13.2. The molecular formula is C33H31BN4O4. The van der Waals surface area contributed by atoms with Crippen LogP contribution in [0.4, 0.5) is 0 Å². The quantitative estimate of drug-likeness (QED) is 0.315. The van der Waals surface area contributed by atoms with E-state index in [0.29, 0.717) is 11.4 Å². The summed E-state index contributed by atoms with van der Waals surface area (Å²) in [5.74, 6) is -1.08. The van der Waals surface area contributed by atoms with Crippen LogP contribution in [0.25, 0.3) is 16.9 Å². The van der Waals surface area contributed by atoms with Gasteiger partial charge in [0.2, 0.25) is 6.71 Å². The highest BCUT2D eigenvalue weighted by Crippen LogP contribution is 2.18. The molecule has 42 heavy (non-hydrogen) atoms. The van der Waals surface area contributed by atoms with E-state index in [2.05, 4.69) is 105 Å². The minimum Gasteiger partial charge on any atom is -0.477 e. The number of hydrogen-bond donors (Lipinski definition) is 1. The third kappa shape index (κ3) is 6.27. The molecule has 0 aliphatic rings. The lowest BCUT2D eigenvalue weighted by Gasteiger charge is -2.24. The Kier molecular flexibility index (Phi) is 8.94. The van der Waals surface area contributed by atoms with Crippen LogP contribution >= 0.6 is 0 Å². The first kappa shape index (κ1) is 29.8. The molecule has 3 aromatic carbocycles. The van der Waals surface area contributed by atoms with Gasteiger partial charge in [-0.25, -0.2) is 14.5 Å². The summed E-state index contributed by atoms with van der Waals surface area (Å²) >= 11 is 0. The summed E-state index contributed by atoms with van der Waals surface area (Å²) in [7, 11) is 0. The molecular weight excluding hydrogens is 527 g/mol. The fourth-order valence-electron chi connectivity index (χ4n) is 5.82. The van der Waals surface area contributed by atoms with Crippen molar-refractivity contribution in [3.63, 3.8) is 0 Å². The first-order valence-electron chi connectivity index (χ1n) is 13.4.